The molecule has 0 aliphatic carbocycles. The van der Waals surface area contributed by atoms with Crippen LogP contribution < -0.4 is 5.73 Å². The van der Waals surface area contributed by atoms with Gasteiger partial charge in [-0.3, -0.25) is 0 Å². The van der Waals surface area contributed by atoms with Crippen molar-refractivity contribution in [3.8, 4) is 0 Å². The molecule has 0 spiro atoms. The SMILES string of the molecule is CC(C)[C@H](N)[C@H](O)c1ccc(Cl)nc1. The summed E-state index contributed by atoms with van der Waals surface area (Å²) in [6, 6.07) is 3.10. The van der Waals surface area contributed by atoms with Gasteiger partial charge < -0.3 is 10.8 Å². The molecule has 3 nitrogen and oxygen atoms in total. The maximum absolute atomic E-state index is 9.84. The highest BCUT2D eigenvalue weighted by Gasteiger charge is 2.19. The Morgan fingerprint density at radius 1 is 1.43 bits per heavy atom. The number of hydrogen-bond acceptors (Lipinski definition) is 3. The molecule has 1 heterocycles. The van der Waals surface area contributed by atoms with Crippen LogP contribution in [0.3, 0.4) is 0 Å². The number of rotatable bonds is 3. The number of halogens is 1. The normalized spacial score (nSPS) is 15.6. The number of hydrogen-bond donors (Lipinski definition) is 2. The van der Waals surface area contributed by atoms with Gasteiger partial charge in [-0.15, -0.1) is 0 Å². The van der Waals surface area contributed by atoms with E-state index in [1.807, 2.05) is 13.8 Å². The minimum absolute atomic E-state index is 0.223. The van der Waals surface area contributed by atoms with E-state index < -0.39 is 6.10 Å². The number of pyridine rings is 1. The third-order valence-corrected chi connectivity index (χ3v) is 2.45. The maximum atomic E-state index is 9.84. The van der Waals surface area contributed by atoms with E-state index in [0.29, 0.717) is 10.7 Å². The second kappa shape index (κ2) is 4.73. The Kier molecular flexibility index (Phi) is 3.86. The van der Waals surface area contributed by atoms with Crippen LogP contribution in [0.2, 0.25) is 5.15 Å². The van der Waals surface area contributed by atoms with E-state index in [9.17, 15) is 5.11 Å². The van der Waals surface area contributed by atoms with Crippen LogP contribution in [-0.4, -0.2) is 16.1 Å². The van der Waals surface area contributed by atoms with Gasteiger partial charge in [-0.2, -0.15) is 0 Å². The lowest BCUT2D eigenvalue weighted by atomic mass is 9.95. The first-order valence-corrected chi connectivity index (χ1v) is 4.95. The van der Waals surface area contributed by atoms with Crippen molar-refractivity contribution in [2.45, 2.75) is 26.0 Å². The van der Waals surface area contributed by atoms with Crippen LogP contribution in [0.1, 0.15) is 25.5 Å². The Hall–Kier alpha value is -0.640. The van der Waals surface area contributed by atoms with Gasteiger partial charge in [0.2, 0.25) is 0 Å². The highest BCUT2D eigenvalue weighted by molar-refractivity contribution is 6.29. The Morgan fingerprint density at radius 2 is 2.07 bits per heavy atom. The molecule has 0 bridgehead atoms. The monoisotopic (exact) mass is 214 g/mol. The fraction of sp³-hybridized carbons (Fsp3) is 0.500. The third-order valence-electron chi connectivity index (χ3n) is 2.23. The molecule has 1 aromatic rings. The fourth-order valence-electron chi connectivity index (χ4n) is 1.15. The lowest BCUT2D eigenvalue weighted by Crippen LogP contribution is -2.33. The molecule has 4 heteroatoms. The Bertz CT molecular complexity index is 287. The lowest BCUT2D eigenvalue weighted by molar-refractivity contribution is 0.125. The van der Waals surface area contributed by atoms with Gasteiger partial charge in [-0.05, 0) is 12.0 Å². The smallest absolute Gasteiger partial charge is 0.129 e. The van der Waals surface area contributed by atoms with Crippen LogP contribution in [0.25, 0.3) is 0 Å². The number of aromatic nitrogens is 1. The summed E-state index contributed by atoms with van der Waals surface area (Å²) in [7, 11) is 0. The zero-order chi connectivity index (χ0) is 10.7. The standard InChI is InChI=1S/C10H15ClN2O/c1-6(2)9(12)10(14)7-3-4-8(11)13-5-7/h3-6,9-10,14H,12H2,1-2H3/t9-,10+/m0/s1. The van der Waals surface area contributed by atoms with E-state index in [0.717, 1.165) is 0 Å². The molecule has 0 aromatic carbocycles. The quantitative estimate of drug-likeness (QED) is 0.754. The summed E-state index contributed by atoms with van der Waals surface area (Å²) < 4.78 is 0. The average molecular weight is 215 g/mol. The molecule has 0 unspecified atom stereocenters. The molecule has 0 saturated heterocycles. The zero-order valence-corrected chi connectivity index (χ0v) is 9.07. The molecular weight excluding hydrogens is 200 g/mol. The Morgan fingerprint density at radius 3 is 2.50 bits per heavy atom. The molecular formula is C10H15ClN2O. The van der Waals surface area contributed by atoms with Crippen molar-refractivity contribution in [2.75, 3.05) is 0 Å². The molecule has 78 valence electrons. The lowest BCUT2D eigenvalue weighted by Gasteiger charge is -2.22. The molecule has 3 N–H and O–H groups in total. The van der Waals surface area contributed by atoms with Crippen molar-refractivity contribution in [1.29, 1.82) is 0 Å². The van der Waals surface area contributed by atoms with Gasteiger partial charge in [0.25, 0.3) is 0 Å². The van der Waals surface area contributed by atoms with Crippen LogP contribution in [0.5, 0.6) is 0 Å². The molecule has 0 saturated carbocycles. The van der Waals surface area contributed by atoms with Gasteiger partial charge in [0, 0.05) is 17.8 Å². The topological polar surface area (TPSA) is 59.1 Å². The van der Waals surface area contributed by atoms with Crippen LogP contribution >= 0.6 is 11.6 Å². The molecule has 1 rings (SSSR count). The van der Waals surface area contributed by atoms with Crippen LogP contribution in [0.4, 0.5) is 0 Å². The van der Waals surface area contributed by atoms with Gasteiger partial charge in [0.05, 0.1) is 6.10 Å². The van der Waals surface area contributed by atoms with Crippen molar-refractivity contribution in [3.63, 3.8) is 0 Å². The number of aliphatic hydroxyl groups excluding tert-OH is 1. The number of nitrogens with zero attached hydrogens (tertiary/aromatic N) is 1. The van der Waals surface area contributed by atoms with Crippen molar-refractivity contribution in [1.82, 2.24) is 4.98 Å². The molecule has 0 aliphatic rings. The van der Waals surface area contributed by atoms with Gasteiger partial charge in [0.1, 0.15) is 5.15 Å². The molecule has 0 amide bonds. The second-order valence-corrected chi connectivity index (χ2v) is 4.07. The van der Waals surface area contributed by atoms with Crippen LogP contribution in [0, 0.1) is 5.92 Å². The van der Waals surface area contributed by atoms with Crippen molar-refractivity contribution in [3.05, 3.63) is 29.0 Å². The van der Waals surface area contributed by atoms with E-state index in [2.05, 4.69) is 4.98 Å². The van der Waals surface area contributed by atoms with Crippen molar-refractivity contribution >= 4 is 11.6 Å². The second-order valence-electron chi connectivity index (χ2n) is 3.68. The van der Waals surface area contributed by atoms with Crippen LogP contribution in [0.15, 0.2) is 18.3 Å². The number of nitrogens with two attached hydrogens (primary N) is 1. The minimum Gasteiger partial charge on any atom is -0.387 e. The van der Waals surface area contributed by atoms with E-state index in [1.54, 1.807) is 18.3 Å². The van der Waals surface area contributed by atoms with E-state index in [1.165, 1.54) is 0 Å². The summed E-state index contributed by atoms with van der Waals surface area (Å²) in [5, 5.41) is 10.3. The summed E-state index contributed by atoms with van der Waals surface area (Å²) in [6.07, 6.45) is 0.870. The average Bonchev–Trinajstić information content (AvgIpc) is 2.16. The molecule has 14 heavy (non-hydrogen) atoms. The Labute approximate surface area is 88.9 Å². The first kappa shape index (κ1) is 11.4. The molecule has 0 aliphatic heterocycles. The van der Waals surface area contributed by atoms with Gasteiger partial charge in [-0.1, -0.05) is 31.5 Å². The van der Waals surface area contributed by atoms with Gasteiger partial charge in [0.15, 0.2) is 0 Å². The summed E-state index contributed by atoms with van der Waals surface area (Å²) >= 11 is 5.63. The highest BCUT2D eigenvalue weighted by Crippen LogP contribution is 2.20. The van der Waals surface area contributed by atoms with Crippen molar-refractivity contribution in [2.24, 2.45) is 11.7 Å². The highest BCUT2D eigenvalue weighted by atomic mass is 35.5. The first-order chi connectivity index (χ1) is 6.52. The molecule has 2 atom stereocenters. The zero-order valence-electron chi connectivity index (χ0n) is 8.31. The fourth-order valence-corrected chi connectivity index (χ4v) is 1.26. The molecule has 1 aromatic heterocycles. The third kappa shape index (κ3) is 2.67. The summed E-state index contributed by atoms with van der Waals surface area (Å²) in [5.74, 6) is 0.223. The predicted molar refractivity (Wildman–Crippen MR) is 57.0 cm³/mol. The van der Waals surface area contributed by atoms with E-state index in [-0.39, 0.29) is 12.0 Å². The van der Waals surface area contributed by atoms with Gasteiger partial charge >= 0.3 is 0 Å². The van der Waals surface area contributed by atoms with Crippen molar-refractivity contribution < 1.29 is 5.11 Å². The minimum atomic E-state index is -0.681. The summed E-state index contributed by atoms with van der Waals surface area (Å²) in [5.41, 5.74) is 6.52. The molecule has 0 radical (unpaired) electrons. The van der Waals surface area contributed by atoms with Gasteiger partial charge in [-0.25, -0.2) is 4.98 Å². The Balaban J connectivity index is 2.78. The predicted octanol–water partition coefficient (Wildman–Crippen LogP) is 1.75. The van der Waals surface area contributed by atoms with E-state index in [4.69, 9.17) is 17.3 Å². The first-order valence-electron chi connectivity index (χ1n) is 4.57. The maximum Gasteiger partial charge on any atom is 0.129 e. The largest absolute Gasteiger partial charge is 0.387 e. The molecule has 0 fully saturated rings. The summed E-state index contributed by atoms with van der Waals surface area (Å²) in [4.78, 5) is 3.89. The summed E-state index contributed by atoms with van der Waals surface area (Å²) in [6.45, 7) is 3.94. The number of aliphatic hydroxyl groups is 1. The van der Waals surface area contributed by atoms with Crippen LogP contribution in [-0.2, 0) is 0 Å². The van der Waals surface area contributed by atoms with E-state index >= 15 is 0 Å².